The van der Waals surface area contributed by atoms with Gasteiger partial charge in [-0.3, -0.25) is 4.90 Å². The highest BCUT2D eigenvalue weighted by Crippen LogP contribution is 2.25. The van der Waals surface area contributed by atoms with E-state index in [2.05, 4.69) is 56.9 Å². The Morgan fingerprint density at radius 2 is 2.00 bits per heavy atom. The molecule has 1 saturated heterocycles. The van der Waals surface area contributed by atoms with Crippen molar-refractivity contribution < 1.29 is 0 Å². The molecule has 0 saturated carbocycles. The van der Waals surface area contributed by atoms with Gasteiger partial charge < -0.3 is 10.2 Å². The predicted molar refractivity (Wildman–Crippen MR) is 75.5 cm³/mol. The smallest absolute Gasteiger partial charge is 0.0345 e. The summed E-state index contributed by atoms with van der Waals surface area (Å²) in [5, 5.41) is 3.33. The van der Waals surface area contributed by atoms with Gasteiger partial charge in [0.25, 0.3) is 0 Å². The normalized spacial score (nSPS) is 28.9. The monoisotopic (exact) mass is 241 g/mol. The fraction of sp³-hybridized carbons (Fsp3) is 1.00. The van der Waals surface area contributed by atoms with Crippen LogP contribution >= 0.6 is 0 Å². The van der Waals surface area contributed by atoms with Crippen molar-refractivity contribution in [1.29, 1.82) is 0 Å². The van der Waals surface area contributed by atoms with Gasteiger partial charge in [0.1, 0.15) is 0 Å². The van der Waals surface area contributed by atoms with Crippen LogP contribution in [-0.4, -0.2) is 62.2 Å². The summed E-state index contributed by atoms with van der Waals surface area (Å²) in [5.41, 5.74) is 0.390. The Labute approximate surface area is 108 Å². The van der Waals surface area contributed by atoms with Gasteiger partial charge >= 0.3 is 0 Å². The van der Waals surface area contributed by atoms with Crippen molar-refractivity contribution in [2.24, 2.45) is 5.41 Å². The number of hydrogen-bond acceptors (Lipinski definition) is 3. The summed E-state index contributed by atoms with van der Waals surface area (Å²) >= 11 is 0. The first-order valence-corrected chi connectivity index (χ1v) is 6.98. The second-order valence-electron chi connectivity index (χ2n) is 6.48. The molecule has 0 aromatic carbocycles. The Hall–Kier alpha value is -0.120. The third kappa shape index (κ3) is 4.23. The molecule has 1 N–H and O–H groups in total. The van der Waals surface area contributed by atoms with E-state index in [0.29, 0.717) is 17.5 Å². The third-order valence-electron chi connectivity index (χ3n) is 4.03. The fourth-order valence-corrected chi connectivity index (χ4v) is 2.93. The number of rotatable bonds is 4. The van der Waals surface area contributed by atoms with Crippen LogP contribution in [0.2, 0.25) is 0 Å². The fourth-order valence-electron chi connectivity index (χ4n) is 2.93. The number of hydrogen-bond donors (Lipinski definition) is 1. The molecule has 0 bridgehead atoms. The number of nitrogens with zero attached hydrogens (tertiary/aromatic N) is 2. The Morgan fingerprint density at radius 3 is 2.53 bits per heavy atom. The van der Waals surface area contributed by atoms with Gasteiger partial charge in [0.15, 0.2) is 0 Å². The zero-order valence-corrected chi connectivity index (χ0v) is 12.6. The van der Waals surface area contributed by atoms with E-state index in [1.54, 1.807) is 0 Å². The van der Waals surface area contributed by atoms with Crippen LogP contribution in [-0.2, 0) is 0 Å². The molecule has 3 nitrogen and oxygen atoms in total. The zero-order valence-electron chi connectivity index (χ0n) is 12.6. The van der Waals surface area contributed by atoms with Crippen LogP contribution in [0.1, 0.15) is 34.1 Å². The molecular formula is C14H31N3. The Bertz CT molecular complexity index is 228. The Balaban J connectivity index is 2.78. The van der Waals surface area contributed by atoms with E-state index < -0.39 is 0 Å². The minimum atomic E-state index is 0.390. The van der Waals surface area contributed by atoms with Crippen LogP contribution in [0.4, 0.5) is 0 Å². The lowest BCUT2D eigenvalue weighted by Crippen LogP contribution is -2.46. The van der Waals surface area contributed by atoms with E-state index in [9.17, 15) is 0 Å². The zero-order chi connectivity index (χ0) is 13.1. The molecule has 1 aliphatic rings. The second kappa shape index (κ2) is 6.17. The van der Waals surface area contributed by atoms with Crippen LogP contribution in [0.15, 0.2) is 0 Å². The average Bonchev–Trinajstić information content (AvgIpc) is 2.35. The molecule has 1 rings (SSSR count). The molecule has 1 heterocycles. The highest BCUT2D eigenvalue weighted by molar-refractivity contribution is 4.89. The molecule has 17 heavy (non-hydrogen) atoms. The first-order chi connectivity index (χ1) is 7.89. The average molecular weight is 241 g/mol. The van der Waals surface area contributed by atoms with Gasteiger partial charge in [0, 0.05) is 38.3 Å². The van der Waals surface area contributed by atoms with E-state index in [4.69, 9.17) is 0 Å². The standard InChI is InChI=1S/C14H31N3/c1-7-12(2)17-9-13(8-15-5)16(6)10-14(3,4)11-17/h12-13,15H,7-11H2,1-6H3. The Kier molecular flexibility index (Phi) is 5.42. The van der Waals surface area contributed by atoms with Crippen LogP contribution in [0, 0.1) is 5.41 Å². The largest absolute Gasteiger partial charge is 0.318 e. The van der Waals surface area contributed by atoms with Crippen molar-refractivity contribution in [3.05, 3.63) is 0 Å². The maximum Gasteiger partial charge on any atom is 0.0345 e. The predicted octanol–water partition coefficient (Wildman–Crippen LogP) is 1.65. The van der Waals surface area contributed by atoms with Gasteiger partial charge in [-0.2, -0.15) is 0 Å². The summed E-state index contributed by atoms with van der Waals surface area (Å²) in [6.45, 7) is 14.1. The molecular weight excluding hydrogens is 210 g/mol. The molecule has 2 unspecified atom stereocenters. The van der Waals surface area contributed by atoms with Crippen LogP contribution < -0.4 is 5.32 Å². The molecule has 102 valence electrons. The van der Waals surface area contributed by atoms with Gasteiger partial charge in [0.05, 0.1) is 0 Å². The Morgan fingerprint density at radius 1 is 1.35 bits per heavy atom. The van der Waals surface area contributed by atoms with Gasteiger partial charge in [-0.1, -0.05) is 20.8 Å². The lowest BCUT2D eigenvalue weighted by Gasteiger charge is -2.33. The van der Waals surface area contributed by atoms with Crippen LogP contribution in [0.5, 0.6) is 0 Å². The lowest BCUT2D eigenvalue weighted by molar-refractivity contribution is 0.151. The van der Waals surface area contributed by atoms with Crippen LogP contribution in [0.25, 0.3) is 0 Å². The minimum absolute atomic E-state index is 0.390. The minimum Gasteiger partial charge on any atom is -0.318 e. The third-order valence-corrected chi connectivity index (χ3v) is 4.03. The molecule has 0 aliphatic carbocycles. The molecule has 1 fully saturated rings. The summed E-state index contributed by atoms with van der Waals surface area (Å²) in [6.07, 6.45) is 1.24. The quantitative estimate of drug-likeness (QED) is 0.807. The molecule has 3 heteroatoms. The van der Waals surface area contributed by atoms with Gasteiger partial charge in [-0.15, -0.1) is 0 Å². The van der Waals surface area contributed by atoms with Crippen molar-refractivity contribution in [3.63, 3.8) is 0 Å². The number of nitrogens with one attached hydrogen (secondary N) is 1. The van der Waals surface area contributed by atoms with E-state index in [1.807, 2.05) is 0 Å². The lowest BCUT2D eigenvalue weighted by atomic mass is 9.92. The summed E-state index contributed by atoms with van der Waals surface area (Å²) in [7, 11) is 4.32. The van der Waals surface area contributed by atoms with E-state index in [1.165, 1.54) is 26.1 Å². The van der Waals surface area contributed by atoms with Crippen molar-refractivity contribution in [3.8, 4) is 0 Å². The summed E-state index contributed by atoms with van der Waals surface area (Å²) in [6, 6.07) is 1.33. The molecule has 2 atom stereocenters. The van der Waals surface area contributed by atoms with Gasteiger partial charge in [-0.25, -0.2) is 0 Å². The maximum atomic E-state index is 3.33. The first kappa shape index (κ1) is 14.9. The van der Waals surface area contributed by atoms with Crippen molar-refractivity contribution in [2.45, 2.75) is 46.2 Å². The molecule has 0 aromatic heterocycles. The summed E-state index contributed by atoms with van der Waals surface area (Å²) in [4.78, 5) is 5.20. The molecule has 0 aromatic rings. The van der Waals surface area contributed by atoms with Gasteiger partial charge in [-0.05, 0) is 32.9 Å². The van der Waals surface area contributed by atoms with E-state index >= 15 is 0 Å². The van der Waals surface area contributed by atoms with Crippen molar-refractivity contribution in [2.75, 3.05) is 40.3 Å². The molecule has 1 aliphatic heterocycles. The van der Waals surface area contributed by atoms with Crippen molar-refractivity contribution >= 4 is 0 Å². The highest BCUT2D eigenvalue weighted by Gasteiger charge is 2.33. The summed E-state index contributed by atoms with van der Waals surface area (Å²) in [5.74, 6) is 0. The molecule has 0 amide bonds. The maximum absolute atomic E-state index is 3.33. The SMILES string of the molecule is CCC(C)N1CC(CNC)N(C)CC(C)(C)C1. The molecule has 0 spiro atoms. The molecule has 0 radical (unpaired) electrons. The highest BCUT2D eigenvalue weighted by atomic mass is 15.3. The van der Waals surface area contributed by atoms with E-state index in [0.717, 1.165) is 6.54 Å². The van der Waals surface area contributed by atoms with Crippen molar-refractivity contribution in [1.82, 2.24) is 15.1 Å². The second-order valence-corrected chi connectivity index (χ2v) is 6.48. The number of likely N-dealkylation sites (N-methyl/N-ethyl adjacent to an activating group) is 2. The van der Waals surface area contributed by atoms with Crippen LogP contribution in [0.3, 0.4) is 0 Å². The first-order valence-electron chi connectivity index (χ1n) is 6.98. The van der Waals surface area contributed by atoms with E-state index in [-0.39, 0.29) is 0 Å². The summed E-state index contributed by atoms with van der Waals surface area (Å²) < 4.78 is 0. The topological polar surface area (TPSA) is 18.5 Å². The van der Waals surface area contributed by atoms with Gasteiger partial charge in [0.2, 0.25) is 0 Å².